The molecule has 2 aromatic rings. The zero-order valence-electron chi connectivity index (χ0n) is 9.32. The highest BCUT2D eigenvalue weighted by molar-refractivity contribution is 14.1. The van der Waals surface area contributed by atoms with Gasteiger partial charge in [0.2, 0.25) is 0 Å². The molecule has 0 fully saturated rings. The lowest BCUT2D eigenvalue weighted by Gasteiger charge is -2.06. The molecule has 18 heavy (non-hydrogen) atoms. The van der Waals surface area contributed by atoms with E-state index in [9.17, 15) is 4.79 Å². The first kappa shape index (κ1) is 14.0. The molecule has 0 unspecified atom stereocenters. The van der Waals surface area contributed by atoms with Gasteiger partial charge >= 0.3 is 0 Å². The zero-order valence-corrected chi connectivity index (χ0v) is 13.9. The van der Waals surface area contributed by atoms with E-state index in [0.29, 0.717) is 12.1 Å². The summed E-state index contributed by atoms with van der Waals surface area (Å²) in [4.78, 5) is 16.2. The summed E-state index contributed by atoms with van der Waals surface area (Å²) in [5.41, 5.74) is 0.668. The molecule has 6 heteroatoms. The third kappa shape index (κ3) is 3.76. The van der Waals surface area contributed by atoms with Crippen LogP contribution < -0.4 is 5.32 Å². The van der Waals surface area contributed by atoms with Crippen molar-refractivity contribution in [1.82, 2.24) is 10.3 Å². The molecule has 0 aliphatic heterocycles. The molecule has 0 aliphatic rings. The van der Waals surface area contributed by atoms with Gasteiger partial charge in [-0.1, -0.05) is 0 Å². The van der Waals surface area contributed by atoms with Crippen molar-refractivity contribution >= 4 is 55.8 Å². The molecular weight excluding hydrogens is 427 g/mol. The summed E-state index contributed by atoms with van der Waals surface area (Å²) in [5.74, 6) is -0.0584. The molecule has 0 saturated carbocycles. The average molecular weight is 437 g/mol. The first-order valence-corrected chi connectivity index (χ1v) is 8.03. The fraction of sp³-hybridized carbons (Fsp3) is 0.167. The van der Waals surface area contributed by atoms with Crippen LogP contribution in [0.5, 0.6) is 0 Å². The number of benzene rings is 1. The van der Waals surface area contributed by atoms with E-state index < -0.39 is 0 Å². The van der Waals surface area contributed by atoms with Crippen molar-refractivity contribution in [2.45, 2.75) is 6.42 Å². The molecule has 1 N–H and O–H groups in total. The molecule has 0 aliphatic carbocycles. The molecule has 3 nitrogen and oxygen atoms in total. The van der Waals surface area contributed by atoms with Gasteiger partial charge in [0.1, 0.15) is 0 Å². The van der Waals surface area contributed by atoms with Crippen molar-refractivity contribution in [3.05, 3.63) is 48.4 Å². The predicted octanol–water partition coefficient (Wildman–Crippen LogP) is 3.48. The summed E-state index contributed by atoms with van der Waals surface area (Å²) >= 11 is 7.18. The van der Waals surface area contributed by atoms with E-state index in [4.69, 9.17) is 0 Å². The van der Waals surface area contributed by atoms with Gasteiger partial charge in [0.15, 0.2) is 0 Å². The number of halogens is 2. The van der Waals surface area contributed by atoms with E-state index in [0.717, 1.165) is 19.5 Å². The highest BCUT2D eigenvalue weighted by Crippen LogP contribution is 2.19. The van der Waals surface area contributed by atoms with Crippen LogP contribution in [0.25, 0.3) is 0 Å². The maximum absolute atomic E-state index is 12.0. The van der Waals surface area contributed by atoms with Gasteiger partial charge in [0.05, 0.1) is 10.6 Å². The number of hydrogen-bond acceptors (Lipinski definition) is 3. The molecule has 0 saturated heterocycles. The van der Waals surface area contributed by atoms with Crippen molar-refractivity contribution in [3.8, 4) is 0 Å². The third-order valence-corrected chi connectivity index (χ3v) is 4.48. The largest absolute Gasteiger partial charge is 0.352 e. The SMILES string of the molecule is O=C(NCCc1nccs1)c1cc(I)ccc1Br. The Morgan fingerprint density at radius 1 is 1.50 bits per heavy atom. The number of aromatic nitrogens is 1. The standard InChI is InChI=1S/C12H10BrIN2OS/c13-10-2-1-8(14)7-9(10)12(17)16-4-3-11-15-5-6-18-11/h1-2,5-7H,3-4H2,(H,16,17). The first-order chi connectivity index (χ1) is 8.66. The van der Waals surface area contributed by atoms with E-state index in [1.165, 1.54) is 0 Å². The fourth-order valence-corrected chi connectivity index (χ4v) is 2.96. The topological polar surface area (TPSA) is 42.0 Å². The minimum Gasteiger partial charge on any atom is -0.352 e. The Kier molecular flexibility index (Phi) is 5.13. The van der Waals surface area contributed by atoms with Crippen molar-refractivity contribution in [2.24, 2.45) is 0 Å². The number of carbonyl (C=O) groups is 1. The minimum atomic E-state index is -0.0584. The summed E-state index contributed by atoms with van der Waals surface area (Å²) in [5, 5.41) is 5.88. The second-order valence-electron chi connectivity index (χ2n) is 3.56. The van der Waals surface area contributed by atoms with Gasteiger partial charge in [-0.3, -0.25) is 4.79 Å². The van der Waals surface area contributed by atoms with Gasteiger partial charge in [-0.2, -0.15) is 0 Å². The molecule has 0 bridgehead atoms. The molecule has 0 spiro atoms. The van der Waals surface area contributed by atoms with Gasteiger partial charge in [-0.15, -0.1) is 11.3 Å². The Bertz CT molecular complexity index is 545. The van der Waals surface area contributed by atoms with Crippen LogP contribution in [0.2, 0.25) is 0 Å². The monoisotopic (exact) mass is 436 g/mol. The van der Waals surface area contributed by atoms with Crippen molar-refractivity contribution in [2.75, 3.05) is 6.54 Å². The second kappa shape index (κ2) is 6.63. The van der Waals surface area contributed by atoms with Crippen LogP contribution in [-0.2, 0) is 6.42 Å². The molecule has 0 atom stereocenters. The highest BCUT2D eigenvalue weighted by Gasteiger charge is 2.10. The van der Waals surface area contributed by atoms with Crippen molar-refractivity contribution in [1.29, 1.82) is 0 Å². The molecule has 1 heterocycles. The lowest BCUT2D eigenvalue weighted by Crippen LogP contribution is -2.26. The van der Waals surface area contributed by atoms with Crippen LogP contribution >= 0.6 is 49.9 Å². The van der Waals surface area contributed by atoms with Gasteiger partial charge in [-0.05, 0) is 56.7 Å². The fourth-order valence-electron chi connectivity index (χ4n) is 1.43. The first-order valence-electron chi connectivity index (χ1n) is 5.28. The Morgan fingerprint density at radius 3 is 3.06 bits per heavy atom. The molecule has 1 aromatic heterocycles. The van der Waals surface area contributed by atoms with Crippen molar-refractivity contribution in [3.63, 3.8) is 0 Å². The minimum absolute atomic E-state index is 0.0584. The molecular formula is C12H10BrIN2OS. The molecule has 0 radical (unpaired) electrons. The van der Waals surface area contributed by atoms with Crippen LogP contribution in [0.1, 0.15) is 15.4 Å². The Balaban J connectivity index is 1.93. The number of thiazole rings is 1. The normalized spacial score (nSPS) is 10.3. The van der Waals surface area contributed by atoms with E-state index in [1.54, 1.807) is 17.5 Å². The zero-order chi connectivity index (χ0) is 13.0. The second-order valence-corrected chi connectivity index (χ2v) is 6.63. The van der Waals surface area contributed by atoms with E-state index in [-0.39, 0.29) is 5.91 Å². The lowest BCUT2D eigenvalue weighted by atomic mass is 10.2. The predicted molar refractivity (Wildman–Crippen MR) is 85.0 cm³/mol. The van der Waals surface area contributed by atoms with Crippen molar-refractivity contribution < 1.29 is 4.79 Å². The summed E-state index contributed by atoms with van der Waals surface area (Å²) < 4.78 is 1.86. The van der Waals surface area contributed by atoms with E-state index in [2.05, 4.69) is 48.8 Å². The third-order valence-electron chi connectivity index (χ3n) is 2.28. The smallest absolute Gasteiger partial charge is 0.252 e. The highest BCUT2D eigenvalue weighted by atomic mass is 127. The maximum atomic E-state index is 12.0. The Hall–Kier alpha value is -0.470. The van der Waals surface area contributed by atoms with Crippen LogP contribution in [-0.4, -0.2) is 17.4 Å². The van der Waals surface area contributed by atoms with Crippen LogP contribution in [0.15, 0.2) is 34.2 Å². The maximum Gasteiger partial charge on any atom is 0.252 e. The Morgan fingerprint density at radius 2 is 2.33 bits per heavy atom. The number of hydrogen-bond donors (Lipinski definition) is 1. The van der Waals surface area contributed by atoms with Crippen LogP contribution in [0, 0.1) is 3.57 Å². The number of rotatable bonds is 4. The Labute approximate surface area is 131 Å². The van der Waals surface area contributed by atoms with Gasteiger partial charge in [0, 0.05) is 32.6 Å². The summed E-state index contributed by atoms with van der Waals surface area (Å²) in [6, 6.07) is 5.71. The molecule has 94 valence electrons. The molecule has 1 aromatic carbocycles. The van der Waals surface area contributed by atoms with Gasteiger partial charge in [0.25, 0.3) is 5.91 Å². The van der Waals surface area contributed by atoms with Gasteiger partial charge < -0.3 is 5.32 Å². The van der Waals surface area contributed by atoms with Gasteiger partial charge in [-0.25, -0.2) is 4.98 Å². The number of carbonyl (C=O) groups excluding carboxylic acids is 1. The lowest BCUT2D eigenvalue weighted by molar-refractivity contribution is 0.0953. The number of nitrogens with zero attached hydrogens (tertiary/aromatic N) is 1. The van der Waals surface area contributed by atoms with Crippen LogP contribution in [0.4, 0.5) is 0 Å². The molecule has 2 rings (SSSR count). The van der Waals surface area contributed by atoms with Crippen LogP contribution in [0.3, 0.4) is 0 Å². The summed E-state index contributed by atoms with van der Waals surface area (Å²) in [6.07, 6.45) is 2.54. The molecule has 1 amide bonds. The summed E-state index contributed by atoms with van der Waals surface area (Å²) in [6.45, 7) is 0.601. The van der Waals surface area contributed by atoms with E-state index >= 15 is 0 Å². The number of amides is 1. The average Bonchev–Trinajstić information content (AvgIpc) is 2.85. The summed E-state index contributed by atoms with van der Waals surface area (Å²) in [7, 11) is 0. The number of nitrogens with one attached hydrogen (secondary N) is 1. The van der Waals surface area contributed by atoms with E-state index in [1.807, 2.05) is 23.6 Å². The quantitative estimate of drug-likeness (QED) is 0.745.